The highest BCUT2D eigenvalue weighted by Crippen LogP contribution is 2.39. The minimum Gasteiger partial charge on any atom is -0.508 e. The summed E-state index contributed by atoms with van der Waals surface area (Å²) in [7, 11) is 0. The molecule has 2 heterocycles. The maximum atomic E-state index is 12.3. The standard InChI is InChI=1S/C34H34N6O5S/c41-21-25-8-10-26(11-9-25)31-18-30(22-46-34-37-38-39-40(34)28-14-16-29(42)17-15-28)44-32(45-31)27-12-6-24(7-13-27)20-36-33(43)35-19-23-4-2-1-3-5-23/h1-17,30-32,41-42H,18-22H2,(H2,35,36,43). The summed E-state index contributed by atoms with van der Waals surface area (Å²) in [5.74, 6) is 0.739. The first-order chi connectivity index (χ1) is 22.5. The molecular formula is C34H34N6O5S. The Balaban J connectivity index is 1.11. The van der Waals surface area contributed by atoms with Gasteiger partial charge in [-0.1, -0.05) is 90.6 Å². The van der Waals surface area contributed by atoms with Gasteiger partial charge in [0, 0.05) is 30.8 Å². The zero-order valence-electron chi connectivity index (χ0n) is 24.9. The number of phenols is 1. The van der Waals surface area contributed by atoms with Crippen molar-refractivity contribution in [2.75, 3.05) is 5.75 Å². The maximum Gasteiger partial charge on any atom is 0.315 e. The number of aromatic nitrogens is 4. The van der Waals surface area contributed by atoms with E-state index in [1.54, 1.807) is 28.9 Å². The summed E-state index contributed by atoms with van der Waals surface area (Å²) in [6.07, 6.45) is -0.431. The third-order valence-corrected chi connectivity index (χ3v) is 8.60. The van der Waals surface area contributed by atoms with Crippen molar-refractivity contribution in [3.05, 3.63) is 131 Å². The molecule has 6 rings (SSSR count). The number of ether oxygens (including phenoxy) is 2. The zero-order chi connectivity index (χ0) is 31.7. The minimum absolute atomic E-state index is 0.0254. The molecule has 0 radical (unpaired) electrons. The predicted octanol–water partition coefficient (Wildman–Crippen LogP) is 5.20. The van der Waals surface area contributed by atoms with Crippen molar-refractivity contribution in [1.29, 1.82) is 0 Å². The molecule has 11 nitrogen and oxygen atoms in total. The van der Waals surface area contributed by atoms with Gasteiger partial charge in [0.2, 0.25) is 5.16 Å². The van der Waals surface area contributed by atoms with Gasteiger partial charge >= 0.3 is 6.03 Å². The Morgan fingerprint density at radius 1 is 0.826 bits per heavy atom. The summed E-state index contributed by atoms with van der Waals surface area (Å²) >= 11 is 1.48. The van der Waals surface area contributed by atoms with Crippen molar-refractivity contribution in [2.45, 2.75) is 49.8 Å². The summed E-state index contributed by atoms with van der Waals surface area (Å²) in [6.45, 7) is 0.807. The fraction of sp³-hybridized carbons (Fsp3) is 0.235. The molecule has 0 aliphatic carbocycles. The minimum atomic E-state index is -0.619. The van der Waals surface area contributed by atoms with Crippen LogP contribution in [0.5, 0.6) is 5.75 Å². The highest BCUT2D eigenvalue weighted by Gasteiger charge is 2.32. The van der Waals surface area contributed by atoms with E-state index in [1.807, 2.05) is 78.9 Å². The third kappa shape index (κ3) is 8.09. The number of hydrogen-bond donors (Lipinski definition) is 4. The normalized spacial score (nSPS) is 17.8. The van der Waals surface area contributed by atoms with Crippen LogP contribution in [0.15, 0.2) is 108 Å². The number of nitrogens with one attached hydrogen (secondary N) is 2. The number of nitrogens with zero attached hydrogens (tertiary/aromatic N) is 4. The summed E-state index contributed by atoms with van der Waals surface area (Å²) in [5, 5.41) is 37.7. The second kappa shape index (κ2) is 15.0. The van der Waals surface area contributed by atoms with Crippen LogP contribution in [0.3, 0.4) is 0 Å². The van der Waals surface area contributed by atoms with E-state index >= 15 is 0 Å². The van der Waals surface area contributed by atoms with Gasteiger partial charge in [-0.3, -0.25) is 0 Å². The van der Waals surface area contributed by atoms with Crippen LogP contribution in [-0.2, 0) is 29.2 Å². The maximum absolute atomic E-state index is 12.3. The van der Waals surface area contributed by atoms with Crippen LogP contribution in [-0.4, -0.2) is 48.3 Å². The number of hydrogen-bond acceptors (Lipinski definition) is 9. The Kier molecular flexibility index (Phi) is 10.2. The number of aromatic hydroxyl groups is 1. The van der Waals surface area contributed by atoms with Crippen molar-refractivity contribution in [2.24, 2.45) is 0 Å². The Morgan fingerprint density at radius 3 is 2.17 bits per heavy atom. The van der Waals surface area contributed by atoms with Crippen molar-refractivity contribution in [3.8, 4) is 11.4 Å². The van der Waals surface area contributed by atoms with E-state index in [-0.39, 0.29) is 30.6 Å². The first-order valence-electron chi connectivity index (χ1n) is 14.9. The molecule has 1 saturated heterocycles. The number of phenolic OH excluding ortho intramolecular Hbond substituents is 1. The average molecular weight is 639 g/mol. The zero-order valence-corrected chi connectivity index (χ0v) is 25.7. The lowest BCUT2D eigenvalue weighted by molar-refractivity contribution is -0.245. The molecular weight excluding hydrogens is 604 g/mol. The van der Waals surface area contributed by atoms with E-state index in [2.05, 4.69) is 26.2 Å². The van der Waals surface area contributed by atoms with Gasteiger partial charge in [0.05, 0.1) is 24.5 Å². The summed E-state index contributed by atoms with van der Waals surface area (Å²) in [4.78, 5) is 12.3. The van der Waals surface area contributed by atoms with Crippen molar-refractivity contribution >= 4 is 17.8 Å². The molecule has 4 aromatic carbocycles. The van der Waals surface area contributed by atoms with E-state index in [4.69, 9.17) is 9.47 Å². The molecule has 5 aromatic rings. The van der Waals surface area contributed by atoms with E-state index in [0.29, 0.717) is 30.4 Å². The van der Waals surface area contributed by atoms with Crippen LogP contribution in [0.25, 0.3) is 5.69 Å². The largest absolute Gasteiger partial charge is 0.508 e. The molecule has 1 aromatic heterocycles. The predicted molar refractivity (Wildman–Crippen MR) is 172 cm³/mol. The SMILES string of the molecule is O=C(NCc1ccccc1)NCc1ccc(C2OC(CSc3nnnn3-c3ccc(O)cc3)CC(c3ccc(CO)cc3)O2)cc1. The molecule has 1 fully saturated rings. The van der Waals surface area contributed by atoms with Crippen LogP contribution in [0, 0.1) is 0 Å². The summed E-state index contributed by atoms with van der Waals surface area (Å²) in [6, 6.07) is 31.8. The van der Waals surface area contributed by atoms with E-state index in [1.165, 1.54) is 11.8 Å². The molecule has 0 bridgehead atoms. The molecule has 0 spiro atoms. The van der Waals surface area contributed by atoms with E-state index in [9.17, 15) is 15.0 Å². The van der Waals surface area contributed by atoms with E-state index in [0.717, 1.165) is 33.5 Å². The lowest BCUT2D eigenvalue weighted by Crippen LogP contribution is -2.34. The molecule has 1 aliphatic rings. The van der Waals surface area contributed by atoms with Gasteiger partial charge in [-0.15, -0.1) is 5.10 Å². The molecule has 3 unspecified atom stereocenters. The van der Waals surface area contributed by atoms with Gasteiger partial charge in [-0.05, 0) is 56.9 Å². The fourth-order valence-electron chi connectivity index (χ4n) is 5.03. The lowest BCUT2D eigenvalue weighted by atomic mass is 10.0. The second-order valence-corrected chi connectivity index (χ2v) is 11.8. The first-order valence-corrected chi connectivity index (χ1v) is 15.9. The number of tetrazole rings is 1. The number of thioether (sulfide) groups is 1. The summed E-state index contributed by atoms with van der Waals surface area (Å²) < 4.78 is 14.6. The van der Waals surface area contributed by atoms with Gasteiger partial charge < -0.3 is 30.3 Å². The Morgan fingerprint density at radius 2 is 1.48 bits per heavy atom. The molecule has 0 saturated carbocycles. The molecule has 1 aliphatic heterocycles. The third-order valence-electron chi connectivity index (χ3n) is 7.55. The van der Waals surface area contributed by atoms with Crippen LogP contribution in [0.4, 0.5) is 4.79 Å². The number of aliphatic hydroxyl groups excluding tert-OH is 1. The molecule has 12 heteroatoms. The van der Waals surface area contributed by atoms with Crippen molar-refractivity contribution in [3.63, 3.8) is 0 Å². The van der Waals surface area contributed by atoms with Crippen LogP contribution in [0.2, 0.25) is 0 Å². The average Bonchev–Trinajstić information content (AvgIpc) is 3.58. The smallest absolute Gasteiger partial charge is 0.315 e. The van der Waals surface area contributed by atoms with Crippen LogP contribution < -0.4 is 10.6 Å². The number of urea groups is 1. The summed E-state index contributed by atoms with van der Waals surface area (Å²) in [5.41, 5.74) is 5.40. The Labute approximate surface area is 270 Å². The van der Waals surface area contributed by atoms with Crippen molar-refractivity contribution < 1.29 is 24.5 Å². The number of rotatable bonds is 11. The lowest BCUT2D eigenvalue weighted by Gasteiger charge is -2.36. The van der Waals surface area contributed by atoms with Gasteiger partial charge in [-0.25, -0.2) is 4.79 Å². The number of benzene rings is 4. The molecule has 236 valence electrons. The molecule has 46 heavy (non-hydrogen) atoms. The van der Waals surface area contributed by atoms with E-state index < -0.39 is 6.29 Å². The molecule has 3 atom stereocenters. The fourth-order valence-corrected chi connectivity index (χ4v) is 5.94. The number of carbonyl (C=O) groups is 1. The quantitative estimate of drug-likeness (QED) is 0.144. The van der Waals surface area contributed by atoms with Crippen LogP contribution >= 0.6 is 11.8 Å². The van der Waals surface area contributed by atoms with Crippen LogP contribution in [0.1, 0.15) is 46.6 Å². The van der Waals surface area contributed by atoms with Gasteiger partial charge in [0.25, 0.3) is 0 Å². The van der Waals surface area contributed by atoms with Gasteiger partial charge in [0.1, 0.15) is 5.75 Å². The first kappa shape index (κ1) is 31.2. The Hall–Kier alpha value is -4.75. The Bertz CT molecular complexity index is 1700. The second-order valence-electron chi connectivity index (χ2n) is 10.8. The number of amides is 2. The van der Waals surface area contributed by atoms with Gasteiger partial charge in [0.15, 0.2) is 6.29 Å². The highest BCUT2D eigenvalue weighted by atomic mass is 32.2. The number of aliphatic hydroxyl groups is 1. The molecule has 4 N–H and O–H groups in total. The van der Waals surface area contributed by atoms with Gasteiger partial charge in [-0.2, -0.15) is 4.68 Å². The molecule has 2 amide bonds. The number of carbonyl (C=O) groups excluding carboxylic acids is 1. The van der Waals surface area contributed by atoms with Crippen molar-refractivity contribution in [1.82, 2.24) is 30.8 Å². The monoisotopic (exact) mass is 638 g/mol. The highest BCUT2D eigenvalue weighted by molar-refractivity contribution is 7.99. The topological polar surface area (TPSA) is 144 Å².